The molecule has 7 fully saturated rings. The molecule has 0 unspecified atom stereocenters. The van der Waals surface area contributed by atoms with E-state index in [-0.39, 0.29) is 5.57 Å². The molecule has 0 radical (unpaired) electrons. The Hall–Kier alpha value is -0.830. The molecule has 1 N–H and O–H groups in total. The number of rotatable bonds is 1. The molecule has 0 saturated heterocycles. The molecule has 3 heteroatoms. The van der Waals surface area contributed by atoms with Crippen LogP contribution in [0.5, 0.6) is 0 Å². The first-order chi connectivity index (χ1) is 10.1. The molecule has 0 amide bonds. The topological polar surface area (TPSA) is 46.5 Å². The summed E-state index contributed by atoms with van der Waals surface area (Å²) in [5.74, 6) is 8.95. The van der Waals surface area contributed by atoms with Crippen LogP contribution in [0.4, 0.5) is 0 Å². The lowest BCUT2D eigenvalue weighted by Gasteiger charge is -2.69. The maximum atomic E-state index is 9.94. The van der Waals surface area contributed by atoms with Crippen molar-refractivity contribution in [2.24, 2.45) is 47.3 Å². The molecule has 7 rings (SSSR count). The van der Waals surface area contributed by atoms with Gasteiger partial charge in [0, 0.05) is 5.57 Å². The van der Waals surface area contributed by atoms with Crippen molar-refractivity contribution in [2.45, 2.75) is 45.4 Å². The summed E-state index contributed by atoms with van der Waals surface area (Å²) in [4.78, 5) is 13.2. The van der Waals surface area contributed by atoms with E-state index in [1.807, 2.05) is 0 Å². The summed E-state index contributed by atoms with van der Waals surface area (Å²) in [5, 5.41) is 7.59. The molecule has 0 aliphatic heterocycles. The van der Waals surface area contributed by atoms with Gasteiger partial charge in [-0.05, 0) is 92.8 Å². The summed E-state index contributed by atoms with van der Waals surface area (Å²) >= 11 is 0. The second-order valence-electron chi connectivity index (χ2n) is 8.29. The molecule has 116 valence electrons. The van der Waals surface area contributed by atoms with Crippen molar-refractivity contribution in [2.75, 3.05) is 0 Å². The highest BCUT2D eigenvalue weighted by atomic mass is 17.1. The van der Waals surface area contributed by atoms with Crippen LogP contribution in [-0.4, -0.2) is 11.2 Å². The summed E-state index contributed by atoms with van der Waals surface area (Å²) in [6.45, 7) is 4.63. The van der Waals surface area contributed by atoms with Gasteiger partial charge in [-0.3, -0.25) is 4.89 Å². The van der Waals surface area contributed by atoms with Gasteiger partial charge in [0.25, 0.3) is 0 Å². The second-order valence-corrected chi connectivity index (χ2v) is 8.29. The molecular formula is C18H26O3. The van der Waals surface area contributed by atoms with E-state index in [2.05, 4.69) is 11.5 Å². The molecule has 7 aliphatic carbocycles. The van der Waals surface area contributed by atoms with Crippen molar-refractivity contribution in [3.8, 4) is 0 Å². The van der Waals surface area contributed by atoms with Crippen molar-refractivity contribution in [1.29, 1.82) is 0 Å². The van der Waals surface area contributed by atoms with Gasteiger partial charge in [0.15, 0.2) is 0 Å². The molecule has 0 aromatic carbocycles. The van der Waals surface area contributed by atoms with Crippen LogP contribution < -0.4 is 0 Å². The van der Waals surface area contributed by atoms with E-state index in [0.29, 0.717) is 0 Å². The number of hydrogen-bond acceptors (Lipinski definition) is 3. The van der Waals surface area contributed by atoms with Gasteiger partial charge in [0.2, 0.25) is 0 Å². The van der Waals surface area contributed by atoms with Crippen LogP contribution >= 0.6 is 0 Å². The largest absolute Gasteiger partial charge is 0.367 e. The van der Waals surface area contributed by atoms with Crippen LogP contribution in [0.3, 0.4) is 0 Å². The SMILES string of the molecule is C1C2CC3C4CC5CC(C14)C(C2)C3C5.C=C(C)C(=O)OO. The predicted molar refractivity (Wildman–Crippen MR) is 79.2 cm³/mol. The fourth-order valence-corrected chi connectivity index (χ4v) is 6.97. The van der Waals surface area contributed by atoms with Gasteiger partial charge in [-0.1, -0.05) is 6.58 Å². The Morgan fingerprint density at radius 1 is 0.857 bits per heavy atom. The monoisotopic (exact) mass is 290 g/mol. The van der Waals surface area contributed by atoms with E-state index in [4.69, 9.17) is 5.26 Å². The lowest BCUT2D eigenvalue weighted by molar-refractivity contribution is -0.229. The summed E-state index contributed by atoms with van der Waals surface area (Å²) in [7, 11) is 0. The summed E-state index contributed by atoms with van der Waals surface area (Å²) < 4.78 is 0. The van der Waals surface area contributed by atoms with Gasteiger partial charge in [-0.2, -0.15) is 5.26 Å². The zero-order valence-electron chi connectivity index (χ0n) is 12.8. The number of carbonyl (C=O) groups is 1. The highest BCUT2D eigenvalue weighted by molar-refractivity contribution is 5.86. The minimum Gasteiger partial charge on any atom is -0.296 e. The van der Waals surface area contributed by atoms with E-state index >= 15 is 0 Å². The van der Waals surface area contributed by atoms with Gasteiger partial charge in [0.05, 0.1) is 0 Å². The average molecular weight is 290 g/mol. The molecule has 0 atom stereocenters. The highest BCUT2D eigenvalue weighted by Gasteiger charge is 2.63. The minimum absolute atomic E-state index is 0.183. The Morgan fingerprint density at radius 2 is 1.14 bits per heavy atom. The van der Waals surface area contributed by atoms with Gasteiger partial charge >= 0.3 is 5.97 Å². The highest BCUT2D eigenvalue weighted by Crippen LogP contribution is 2.71. The molecule has 0 aromatic heterocycles. The minimum atomic E-state index is -0.792. The van der Waals surface area contributed by atoms with E-state index in [9.17, 15) is 4.79 Å². The molecule has 0 spiro atoms. The lowest BCUT2D eigenvalue weighted by atomic mass is 9.36. The number of hydrogen-bond donors (Lipinski definition) is 1. The van der Waals surface area contributed by atoms with Crippen LogP contribution in [0.1, 0.15) is 45.4 Å². The van der Waals surface area contributed by atoms with Crippen LogP contribution in [0.15, 0.2) is 12.2 Å². The molecule has 8 bridgehead atoms. The fourth-order valence-electron chi connectivity index (χ4n) is 6.97. The van der Waals surface area contributed by atoms with Gasteiger partial charge in [-0.25, -0.2) is 4.79 Å². The van der Waals surface area contributed by atoms with Crippen molar-refractivity contribution >= 4 is 5.97 Å². The fraction of sp³-hybridized carbons (Fsp3) is 0.833. The summed E-state index contributed by atoms with van der Waals surface area (Å²) in [6.07, 6.45) is 9.93. The average Bonchev–Trinajstić information content (AvgIpc) is 2.51. The molecule has 3 nitrogen and oxygen atoms in total. The molecule has 7 saturated carbocycles. The van der Waals surface area contributed by atoms with Crippen molar-refractivity contribution in [3.05, 3.63) is 12.2 Å². The molecule has 0 aromatic rings. The Labute approximate surface area is 126 Å². The third-order valence-corrected chi connectivity index (χ3v) is 7.36. The van der Waals surface area contributed by atoms with Crippen LogP contribution in [0.25, 0.3) is 0 Å². The first-order valence-corrected chi connectivity index (χ1v) is 8.59. The van der Waals surface area contributed by atoms with E-state index in [1.54, 1.807) is 38.5 Å². The van der Waals surface area contributed by atoms with Gasteiger partial charge in [-0.15, -0.1) is 0 Å². The Kier molecular flexibility index (Phi) is 3.18. The lowest BCUT2D eigenvalue weighted by Crippen LogP contribution is -2.62. The first kappa shape index (κ1) is 13.8. The maximum Gasteiger partial charge on any atom is 0.367 e. The molecular weight excluding hydrogens is 264 g/mol. The van der Waals surface area contributed by atoms with E-state index < -0.39 is 5.97 Å². The van der Waals surface area contributed by atoms with Gasteiger partial charge < -0.3 is 0 Å². The third kappa shape index (κ3) is 2.00. The van der Waals surface area contributed by atoms with Crippen molar-refractivity contribution < 1.29 is 14.9 Å². The van der Waals surface area contributed by atoms with E-state index in [1.165, 1.54) is 54.3 Å². The van der Waals surface area contributed by atoms with Crippen LogP contribution in [0, 0.1) is 47.3 Å². The first-order valence-electron chi connectivity index (χ1n) is 8.59. The quantitative estimate of drug-likeness (QED) is 0.452. The zero-order chi connectivity index (χ0) is 14.7. The van der Waals surface area contributed by atoms with E-state index in [0.717, 1.165) is 0 Å². The molecule has 21 heavy (non-hydrogen) atoms. The summed E-state index contributed by atoms with van der Waals surface area (Å²) in [6, 6.07) is 0. The zero-order valence-corrected chi connectivity index (χ0v) is 12.8. The Bertz CT molecular complexity index is 382. The Balaban J connectivity index is 0.000000144. The second kappa shape index (κ2) is 4.84. The third-order valence-electron chi connectivity index (χ3n) is 7.36. The van der Waals surface area contributed by atoms with Crippen LogP contribution in [-0.2, 0) is 9.68 Å². The standard InChI is InChI=1S/C14H20.C4H6O3/c1-7-2-12-10-4-8-5-11(9(1)10)13(3-7)14(12)6-8;1-3(2)4(5)7-6/h7-14H,1-6H2;6H,1H2,2H3. The van der Waals surface area contributed by atoms with Crippen molar-refractivity contribution in [1.82, 2.24) is 0 Å². The summed E-state index contributed by atoms with van der Waals surface area (Å²) in [5.41, 5.74) is 0.183. The molecule has 0 heterocycles. The normalized spacial score (nSPS) is 50.6. The Morgan fingerprint density at radius 3 is 1.29 bits per heavy atom. The predicted octanol–water partition coefficient (Wildman–Crippen LogP) is 3.90. The van der Waals surface area contributed by atoms with Crippen LogP contribution in [0.2, 0.25) is 0 Å². The molecule has 7 aliphatic rings. The van der Waals surface area contributed by atoms with Crippen molar-refractivity contribution in [3.63, 3.8) is 0 Å². The maximum absolute atomic E-state index is 9.94. The smallest absolute Gasteiger partial charge is 0.296 e. The van der Waals surface area contributed by atoms with Gasteiger partial charge in [0.1, 0.15) is 0 Å². The number of carbonyl (C=O) groups excluding carboxylic acids is 1.